The summed E-state index contributed by atoms with van der Waals surface area (Å²) in [5.74, 6) is 1.54. The van der Waals surface area contributed by atoms with E-state index in [-0.39, 0.29) is 5.41 Å². The van der Waals surface area contributed by atoms with Gasteiger partial charge in [-0.2, -0.15) is 0 Å². The van der Waals surface area contributed by atoms with Crippen LogP contribution in [0.3, 0.4) is 0 Å². The van der Waals surface area contributed by atoms with Gasteiger partial charge in [0.15, 0.2) is 0 Å². The van der Waals surface area contributed by atoms with E-state index in [1.165, 1.54) is 0 Å². The Hall–Kier alpha value is -1.79. The molecule has 2 atom stereocenters. The molecule has 3 aliphatic rings. The normalized spacial score (nSPS) is 29.4. The van der Waals surface area contributed by atoms with Crippen LogP contribution < -0.4 is 15.0 Å². The number of amides is 1. The summed E-state index contributed by atoms with van der Waals surface area (Å²) in [6, 6.07) is 8.10. The van der Waals surface area contributed by atoms with Crippen LogP contribution in [0.5, 0.6) is 5.75 Å². The first-order chi connectivity index (χ1) is 12.2. The summed E-state index contributed by atoms with van der Waals surface area (Å²) < 4.78 is 11.1. The summed E-state index contributed by atoms with van der Waals surface area (Å²) in [4.78, 5) is 17.7. The zero-order valence-electron chi connectivity index (χ0n) is 14.9. The molecular weight excluding hydrogens is 318 g/mol. The Morgan fingerprint density at radius 2 is 2.08 bits per heavy atom. The van der Waals surface area contributed by atoms with Crippen molar-refractivity contribution in [1.82, 2.24) is 10.2 Å². The van der Waals surface area contributed by atoms with Crippen molar-refractivity contribution in [2.45, 2.75) is 6.42 Å². The zero-order valence-corrected chi connectivity index (χ0v) is 14.9. The molecule has 3 heterocycles. The van der Waals surface area contributed by atoms with Crippen LogP contribution in [0.1, 0.15) is 6.42 Å². The van der Waals surface area contributed by atoms with Gasteiger partial charge in [0.1, 0.15) is 5.75 Å². The number of carbonyl (C=O) groups is 1. The highest BCUT2D eigenvalue weighted by molar-refractivity contribution is 5.84. The Kier molecular flexibility index (Phi) is 4.56. The quantitative estimate of drug-likeness (QED) is 0.885. The molecule has 6 heteroatoms. The van der Waals surface area contributed by atoms with Gasteiger partial charge in [-0.05, 0) is 18.6 Å². The summed E-state index contributed by atoms with van der Waals surface area (Å²) in [7, 11) is 1.70. The molecule has 0 saturated carbocycles. The van der Waals surface area contributed by atoms with E-state index in [1.807, 2.05) is 18.2 Å². The van der Waals surface area contributed by atoms with Gasteiger partial charge in [-0.1, -0.05) is 12.1 Å². The monoisotopic (exact) mass is 345 g/mol. The second kappa shape index (κ2) is 6.84. The largest absolute Gasteiger partial charge is 0.495 e. The average molecular weight is 345 g/mol. The van der Waals surface area contributed by atoms with Crippen molar-refractivity contribution in [2.24, 2.45) is 11.3 Å². The van der Waals surface area contributed by atoms with Gasteiger partial charge in [-0.15, -0.1) is 0 Å². The molecular formula is C19H27N3O3. The Morgan fingerprint density at radius 3 is 2.88 bits per heavy atom. The van der Waals surface area contributed by atoms with Gasteiger partial charge in [-0.3, -0.25) is 4.79 Å². The fraction of sp³-hybridized carbons (Fsp3) is 0.632. The first kappa shape index (κ1) is 16.7. The van der Waals surface area contributed by atoms with E-state index in [0.717, 1.165) is 57.1 Å². The predicted molar refractivity (Wildman–Crippen MR) is 96.0 cm³/mol. The first-order valence-corrected chi connectivity index (χ1v) is 9.20. The third-order valence-electron chi connectivity index (χ3n) is 6.04. The summed E-state index contributed by atoms with van der Waals surface area (Å²) in [6.45, 7) is 6.33. The van der Waals surface area contributed by atoms with Crippen molar-refractivity contribution in [3.8, 4) is 5.75 Å². The van der Waals surface area contributed by atoms with Crippen LogP contribution in [0, 0.1) is 11.3 Å². The molecule has 0 bridgehead atoms. The van der Waals surface area contributed by atoms with Crippen LogP contribution in [0.2, 0.25) is 0 Å². The minimum atomic E-state index is -0.245. The molecule has 6 nitrogen and oxygen atoms in total. The molecule has 3 aliphatic heterocycles. The lowest BCUT2D eigenvalue weighted by atomic mass is 9.73. The maximum Gasteiger partial charge on any atom is 0.230 e. The smallest absolute Gasteiger partial charge is 0.230 e. The first-order valence-electron chi connectivity index (χ1n) is 9.20. The van der Waals surface area contributed by atoms with Crippen LogP contribution >= 0.6 is 0 Å². The van der Waals surface area contributed by atoms with Crippen molar-refractivity contribution in [1.29, 1.82) is 0 Å². The number of hydrogen-bond donors (Lipinski definition) is 1. The number of ether oxygens (including phenoxy) is 2. The van der Waals surface area contributed by atoms with Crippen LogP contribution in [0.4, 0.5) is 5.69 Å². The SMILES string of the molecule is COc1ccccc1N1CCN(C(=O)[C@@]23CCOC[C@@H]2CNC3)CC1. The number of carbonyl (C=O) groups excluding carboxylic acids is 1. The van der Waals surface area contributed by atoms with Crippen LogP contribution in [0.25, 0.3) is 0 Å². The van der Waals surface area contributed by atoms with Gasteiger partial charge in [-0.25, -0.2) is 0 Å². The van der Waals surface area contributed by atoms with E-state index in [4.69, 9.17) is 9.47 Å². The van der Waals surface area contributed by atoms with Crippen molar-refractivity contribution >= 4 is 11.6 Å². The van der Waals surface area contributed by atoms with Gasteiger partial charge >= 0.3 is 0 Å². The third-order valence-corrected chi connectivity index (χ3v) is 6.04. The lowest BCUT2D eigenvalue weighted by Crippen LogP contribution is -2.57. The van der Waals surface area contributed by atoms with E-state index < -0.39 is 0 Å². The highest BCUT2D eigenvalue weighted by atomic mass is 16.5. The number of hydrogen-bond acceptors (Lipinski definition) is 5. The van der Waals surface area contributed by atoms with Gasteiger partial charge in [0.2, 0.25) is 5.91 Å². The molecule has 0 spiro atoms. The van der Waals surface area contributed by atoms with Gasteiger partial charge < -0.3 is 24.6 Å². The van der Waals surface area contributed by atoms with E-state index in [9.17, 15) is 4.79 Å². The number of anilines is 1. The number of fused-ring (bicyclic) bond motifs is 1. The molecule has 0 radical (unpaired) electrons. The second-order valence-corrected chi connectivity index (χ2v) is 7.26. The van der Waals surface area contributed by atoms with Crippen LogP contribution in [-0.4, -0.2) is 70.4 Å². The highest BCUT2D eigenvalue weighted by Crippen LogP contribution is 2.40. The Morgan fingerprint density at radius 1 is 1.28 bits per heavy atom. The molecule has 3 saturated heterocycles. The Labute approximate surface area is 149 Å². The molecule has 4 rings (SSSR count). The lowest BCUT2D eigenvalue weighted by molar-refractivity contribution is -0.150. The van der Waals surface area contributed by atoms with Crippen molar-refractivity contribution in [3.63, 3.8) is 0 Å². The molecule has 1 aromatic carbocycles. The van der Waals surface area contributed by atoms with Crippen molar-refractivity contribution in [2.75, 3.05) is 64.5 Å². The fourth-order valence-electron chi connectivity index (χ4n) is 4.51. The number of piperazine rings is 1. The number of para-hydroxylation sites is 2. The molecule has 0 unspecified atom stereocenters. The second-order valence-electron chi connectivity index (χ2n) is 7.26. The number of methoxy groups -OCH3 is 1. The van der Waals surface area contributed by atoms with Crippen LogP contribution in [0.15, 0.2) is 24.3 Å². The topological polar surface area (TPSA) is 54.0 Å². The van der Waals surface area contributed by atoms with E-state index in [0.29, 0.717) is 25.0 Å². The predicted octanol–water partition coefficient (Wildman–Crippen LogP) is 0.970. The summed E-state index contributed by atoms with van der Waals surface area (Å²) in [5.41, 5.74) is 0.868. The van der Waals surface area contributed by atoms with Gasteiger partial charge in [0.05, 0.1) is 24.8 Å². The molecule has 1 amide bonds. The summed E-state index contributed by atoms with van der Waals surface area (Å²) in [5, 5.41) is 3.42. The highest BCUT2D eigenvalue weighted by Gasteiger charge is 2.52. The summed E-state index contributed by atoms with van der Waals surface area (Å²) in [6.07, 6.45) is 0.843. The molecule has 1 N–H and O–H groups in total. The minimum absolute atomic E-state index is 0.245. The zero-order chi connectivity index (χ0) is 17.3. The Balaban J connectivity index is 1.44. The van der Waals surface area contributed by atoms with E-state index in [2.05, 4.69) is 21.2 Å². The van der Waals surface area contributed by atoms with Crippen molar-refractivity contribution in [3.05, 3.63) is 24.3 Å². The lowest BCUT2D eigenvalue weighted by Gasteiger charge is -2.44. The van der Waals surface area contributed by atoms with Crippen LogP contribution in [-0.2, 0) is 9.53 Å². The molecule has 0 aromatic heterocycles. The third kappa shape index (κ3) is 2.87. The summed E-state index contributed by atoms with van der Waals surface area (Å²) >= 11 is 0. The maximum absolute atomic E-state index is 13.3. The number of nitrogens with one attached hydrogen (secondary N) is 1. The number of rotatable bonds is 3. The number of benzene rings is 1. The molecule has 1 aromatic rings. The van der Waals surface area contributed by atoms with E-state index >= 15 is 0 Å². The molecule has 0 aliphatic carbocycles. The van der Waals surface area contributed by atoms with Gasteiger partial charge in [0.25, 0.3) is 0 Å². The average Bonchev–Trinajstić information content (AvgIpc) is 3.13. The fourth-order valence-corrected chi connectivity index (χ4v) is 4.51. The molecule has 3 fully saturated rings. The molecule has 136 valence electrons. The number of nitrogens with zero attached hydrogens (tertiary/aromatic N) is 2. The van der Waals surface area contributed by atoms with E-state index in [1.54, 1.807) is 7.11 Å². The standard InChI is InChI=1S/C19H27N3O3/c1-24-17-5-3-2-4-16(17)21-7-9-22(10-8-21)18(23)19-6-11-25-13-15(19)12-20-14-19/h2-5,15,20H,6-14H2,1H3/t15-,19+/m0/s1. The Bertz CT molecular complexity index is 630. The van der Waals surface area contributed by atoms with Crippen molar-refractivity contribution < 1.29 is 14.3 Å². The maximum atomic E-state index is 13.3. The minimum Gasteiger partial charge on any atom is -0.495 e. The van der Waals surface area contributed by atoms with Gasteiger partial charge in [0, 0.05) is 51.8 Å². The molecule has 25 heavy (non-hydrogen) atoms.